The van der Waals surface area contributed by atoms with Crippen LogP contribution in [0.1, 0.15) is 23.6 Å². The van der Waals surface area contributed by atoms with E-state index in [-0.39, 0.29) is 17.4 Å². The van der Waals surface area contributed by atoms with E-state index in [0.717, 1.165) is 23.4 Å². The Kier molecular flexibility index (Phi) is 4.66. The fourth-order valence-electron chi connectivity index (χ4n) is 2.99. The molecule has 0 radical (unpaired) electrons. The highest BCUT2D eigenvalue weighted by Gasteiger charge is 2.22. The van der Waals surface area contributed by atoms with Gasteiger partial charge in [-0.25, -0.2) is 0 Å². The zero-order chi connectivity index (χ0) is 17.1. The highest BCUT2D eigenvalue weighted by Crippen LogP contribution is 2.34. The molecule has 1 heterocycles. The van der Waals surface area contributed by atoms with Crippen LogP contribution in [0.5, 0.6) is 5.75 Å². The van der Waals surface area contributed by atoms with Crippen LogP contribution >= 0.6 is 0 Å². The number of benzene rings is 2. The van der Waals surface area contributed by atoms with Crippen LogP contribution in [0.25, 0.3) is 0 Å². The first-order chi connectivity index (χ1) is 11.6. The molecule has 1 aliphatic heterocycles. The molecule has 0 unspecified atom stereocenters. The summed E-state index contributed by atoms with van der Waals surface area (Å²) in [5.41, 5.74) is 3.90. The smallest absolute Gasteiger partial charge is 0.270 e. The minimum absolute atomic E-state index is 0.0682. The predicted molar refractivity (Wildman–Crippen MR) is 91.3 cm³/mol. The third kappa shape index (κ3) is 3.19. The molecular formula is C18H20N2O4. The van der Waals surface area contributed by atoms with Crippen molar-refractivity contribution in [3.8, 4) is 5.75 Å². The fourth-order valence-corrected chi connectivity index (χ4v) is 2.99. The number of nitrogens with zero attached hydrogens (tertiary/aromatic N) is 2. The summed E-state index contributed by atoms with van der Waals surface area (Å²) in [4.78, 5) is 13.0. The molecule has 0 aliphatic carbocycles. The average Bonchev–Trinajstić information content (AvgIpc) is 2.60. The number of anilines is 1. The maximum Gasteiger partial charge on any atom is 0.270 e. The van der Waals surface area contributed by atoms with Gasteiger partial charge in [0, 0.05) is 42.0 Å². The van der Waals surface area contributed by atoms with E-state index >= 15 is 0 Å². The monoisotopic (exact) mass is 328 g/mol. The van der Waals surface area contributed by atoms with E-state index in [1.165, 1.54) is 11.6 Å². The molecule has 0 bridgehead atoms. The summed E-state index contributed by atoms with van der Waals surface area (Å²) >= 11 is 0. The summed E-state index contributed by atoms with van der Waals surface area (Å²) in [6, 6.07) is 11.3. The molecule has 1 aliphatic rings. The Morgan fingerprint density at radius 3 is 2.79 bits per heavy atom. The van der Waals surface area contributed by atoms with Gasteiger partial charge in [-0.2, -0.15) is 0 Å². The maximum absolute atomic E-state index is 11.2. The van der Waals surface area contributed by atoms with Gasteiger partial charge < -0.3 is 14.4 Å². The lowest BCUT2D eigenvalue weighted by molar-refractivity contribution is -0.385. The molecule has 0 amide bonds. The van der Waals surface area contributed by atoms with Gasteiger partial charge in [0.1, 0.15) is 5.75 Å². The summed E-state index contributed by atoms with van der Waals surface area (Å²) < 4.78 is 10.9. The second-order valence-corrected chi connectivity index (χ2v) is 5.76. The van der Waals surface area contributed by atoms with Crippen molar-refractivity contribution in [2.24, 2.45) is 0 Å². The summed E-state index contributed by atoms with van der Waals surface area (Å²) in [7, 11) is 0. The van der Waals surface area contributed by atoms with Crippen LogP contribution in [-0.4, -0.2) is 18.3 Å². The number of fused-ring (bicyclic) bond motifs is 1. The Balaban J connectivity index is 2.00. The van der Waals surface area contributed by atoms with Crippen LogP contribution in [0.3, 0.4) is 0 Å². The van der Waals surface area contributed by atoms with Crippen LogP contribution < -0.4 is 9.64 Å². The number of para-hydroxylation sites is 1. The van der Waals surface area contributed by atoms with Crippen molar-refractivity contribution < 1.29 is 14.4 Å². The highest BCUT2D eigenvalue weighted by molar-refractivity contribution is 5.56. The van der Waals surface area contributed by atoms with Crippen LogP contribution in [0.2, 0.25) is 0 Å². The van der Waals surface area contributed by atoms with Gasteiger partial charge in [-0.05, 0) is 25.5 Å². The molecule has 6 heteroatoms. The average molecular weight is 328 g/mol. The summed E-state index contributed by atoms with van der Waals surface area (Å²) in [5.74, 6) is 0.707. The van der Waals surface area contributed by atoms with Crippen molar-refractivity contribution in [3.05, 3.63) is 63.2 Å². The largest absolute Gasteiger partial charge is 0.467 e. The predicted octanol–water partition coefficient (Wildman–Crippen LogP) is 3.80. The molecule has 2 aromatic carbocycles. The number of hydrogen-bond acceptors (Lipinski definition) is 5. The second kappa shape index (κ2) is 6.88. The topological polar surface area (TPSA) is 64.8 Å². The lowest BCUT2D eigenvalue weighted by Gasteiger charge is -2.27. The van der Waals surface area contributed by atoms with Gasteiger partial charge in [0.05, 0.1) is 11.5 Å². The van der Waals surface area contributed by atoms with Gasteiger partial charge in [0.25, 0.3) is 5.69 Å². The lowest BCUT2D eigenvalue weighted by Crippen LogP contribution is -2.24. The number of hydrogen-bond donors (Lipinski definition) is 0. The van der Waals surface area contributed by atoms with E-state index in [1.807, 2.05) is 12.1 Å². The van der Waals surface area contributed by atoms with Gasteiger partial charge in [0.15, 0.2) is 6.79 Å². The van der Waals surface area contributed by atoms with Gasteiger partial charge in [-0.1, -0.05) is 18.2 Å². The second-order valence-electron chi connectivity index (χ2n) is 5.76. The van der Waals surface area contributed by atoms with Gasteiger partial charge in [-0.3, -0.25) is 10.1 Å². The zero-order valence-corrected chi connectivity index (χ0v) is 13.8. The molecule has 0 atom stereocenters. The Morgan fingerprint density at radius 1 is 1.29 bits per heavy atom. The summed E-state index contributed by atoms with van der Waals surface area (Å²) in [6.45, 7) is 5.98. The van der Waals surface area contributed by atoms with Crippen molar-refractivity contribution in [2.75, 3.05) is 18.2 Å². The summed E-state index contributed by atoms with van der Waals surface area (Å²) in [5, 5.41) is 11.2. The van der Waals surface area contributed by atoms with Crippen LogP contribution in [0.15, 0.2) is 36.4 Å². The first-order valence-electron chi connectivity index (χ1n) is 7.91. The van der Waals surface area contributed by atoms with Crippen LogP contribution in [-0.2, 0) is 17.9 Å². The Labute approximate surface area is 140 Å². The lowest BCUT2D eigenvalue weighted by atomic mass is 10.1. The molecule has 6 nitrogen and oxygen atoms in total. The Morgan fingerprint density at radius 2 is 2.08 bits per heavy atom. The van der Waals surface area contributed by atoms with Crippen molar-refractivity contribution >= 4 is 11.4 Å². The molecule has 0 saturated heterocycles. The highest BCUT2D eigenvalue weighted by atomic mass is 16.7. The molecule has 126 valence electrons. The van der Waals surface area contributed by atoms with Gasteiger partial charge in [0.2, 0.25) is 0 Å². The van der Waals surface area contributed by atoms with E-state index in [1.54, 1.807) is 6.07 Å². The van der Waals surface area contributed by atoms with Gasteiger partial charge >= 0.3 is 0 Å². The molecule has 24 heavy (non-hydrogen) atoms. The first-order valence-corrected chi connectivity index (χ1v) is 7.91. The number of nitro benzene ring substituents is 1. The Hall–Kier alpha value is -2.60. The van der Waals surface area contributed by atoms with Gasteiger partial charge in [-0.15, -0.1) is 0 Å². The van der Waals surface area contributed by atoms with Crippen LogP contribution in [0, 0.1) is 17.0 Å². The van der Waals surface area contributed by atoms with E-state index in [4.69, 9.17) is 9.47 Å². The van der Waals surface area contributed by atoms with E-state index in [0.29, 0.717) is 18.9 Å². The van der Waals surface area contributed by atoms with E-state index < -0.39 is 0 Å². The number of nitro groups is 1. The van der Waals surface area contributed by atoms with E-state index in [2.05, 4.69) is 30.9 Å². The van der Waals surface area contributed by atoms with Crippen molar-refractivity contribution in [1.82, 2.24) is 0 Å². The molecule has 2 aromatic rings. The standard InChI is InChI=1S/C18H20N2O4/c1-3-19(17-7-5-4-6-13(17)2)10-14-8-16(20(21)22)9-15-11-23-12-24-18(14)15/h4-9H,3,10-12H2,1-2H3. The third-order valence-corrected chi connectivity index (χ3v) is 4.18. The molecule has 3 rings (SSSR count). The zero-order valence-electron chi connectivity index (χ0n) is 13.8. The van der Waals surface area contributed by atoms with Crippen LogP contribution in [0.4, 0.5) is 11.4 Å². The summed E-state index contributed by atoms with van der Waals surface area (Å²) in [6.07, 6.45) is 0. The quantitative estimate of drug-likeness (QED) is 0.617. The number of aryl methyl sites for hydroxylation is 1. The molecule has 0 saturated carbocycles. The SMILES string of the molecule is CCN(Cc1cc([N+](=O)[O-])cc2c1OCOC2)c1ccccc1C. The Bertz CT molecular complexity index is 761. The maximum atomic E-state index is 11.2. The first kappa shape index (κ1) is 16.3. The minimum atomic E-state index is -0.373. The van der Waals surface area contributed by atoms with Crippen molar-refractivity contribution in [3.63, 3.8) is 0 Å². The fraction of sp³-hybridized carbons (Fsp3) is 0.333. The molecular weight excluding hydrogens is 308 g/mol. The third-order valence-electron chi connectivity index (χ3n) is 4.18. The number of rotatable bonds is 5. The van der Waals surface area contributed by atoms with E-state index in [9.17, 15) is 10.1 Å². The molecule has 0 N–H and O–H groups in total. The normalized spacial score (nSPS) is 13.1. The van der Waals surface area contributed by atoms with Crippen molar-refractivity contribution in [2.45, 2.75) is 27.0 Å². The molecule has 0 aromatic heterocycles. The molecule has 0 fully saturated rings. The minimum Gasteiger partial charge on any atom is -0.467 e. The van der Waals surface area contributed by atoms with Crippen molar-refractivity contribution in [1.29, 1.82) is 0 Å². The molecule has 0 spiro atoms. The number of ether oxygens (including phenoxy) is 2. The number of non-ortho nitro benzene ring substituents is 1.